The molecule has 0 amide bonds. The van der Waals surface area contributed by atoms with Crippen LogP contribution in [0.2, 0.25) is 5.02 Å². The predicted octanol–water partition coefficient (Wildman–Crippen LogP) is 4.67. The first-order chi connectivity index (χ1) is 8.49. The third-order valence-corrected chi connectivity index (χ3v) is 3.12. The van der Waals surface area contributed by atoms with Gasteiger partial charge in [0, 0.05) is 10.9 Å². The molecule has 0 saturated heterocycles. The SMILES string of the molecule is CC#CC(C)Cc1cc(Cl)cc(C(C)C)c1OC. The van der Waals surface area contributed by atoms with Crippen molar-refractivity contribution >= 4 is 11.6 Å². The molecule has 0 aromatic heterocycles. The van der Waals surface area contributed by atoms with Crippen LogP contribution in [0, 0.1) is 17.8 Å². The molecule has 1 rings (SSSR count). The molecule has 0 aliphatic heterocycles. The van der Waals surface area contributed by atoms with Gasteiger partial charge in [-0.2, -0.15) is 0 Å². The number of hydrogen-bond donors (Lipinski definition) is 0. The summed E-state index contributed by atoms with van der Waals surface area (Å²) in [5.41, 5.74) is 2.31. The number of halogens is 1. The summed E-state index contributed by atoms with van der Waals surface area (Å²) in [6.45, 7) is 8.28. The molecule has 2 heteroatoms. The van der Waals surface area contributed by atoms with Gasteiger partial charge in [0.25, 0.3) is 0 Å². The van der Waals surface area contributed by atoms with Gasteiger partial charge < -0.3 is 4.74 Å². The average Bonchev–Trinajstić information content (AvgIpc) is 2.28. The lowest BCUT2D eigenvalue weighted by Gasteiger charge is -2.17. The van der Waals surface area contributed by atoms with Crippen molar-refractivity contribution in [2.75, 3.05) is 7.11 Å². The Balaban J connectivity index is 3.19. The van der Waals surface area contributed by atoms with Crippen molar-refractivity contribution in [2.24, 2.45) is 5.92 Å². The fourth-order valence-electron chi connectivity index (χ4n) is 2.13. The summed E-state index contributed by atoms with van der Waals surface area (Å²) in [5.74, 6) is 7.78. The molecule has 0 fully saturated rings. The highest BCUT2D eigenvalue weighted by Gasteiger charge is 2.15. The molecule has 0 saturated carbocycles. The molecule has 0 heterocycles. The van der Waals surface area contributed by atoms with E-state index in [1.54, 1.807) is 7.11 Å². The van der Waals surface area contributed by atoms with Gasteiger partial charge in [-0.05, 0) is 42.5 Å². The topological polar surface area (TPSA) is 9.23 Å². The molecule has 1 nitrogen and oxygen atoms in total. The van der Waals surface area contributed by atoms with Gasteiger partial charge in [0.05, 0.1) is 7.11 Å². The monoisotopic (exact) mass is 264 g/mol. The summed E-state index contributed by atoms with van der Waals surface area (Å²) in [5, 5.41) is 0.770. The van der Waals surface area contributed by atoms with Crippen LogP contribution in [0.1, 0.15) is 44.7 Å². The number of hydrogen-bond acceptors (Lipinski definition) is 1. The minimum atomic E-state index is 0.308. The van der Waals surface area contributed by atoms with Crippen LogP contribution in [-0.4, -0.2) is 7.11 Å². The quantitative estimate of drug-likeness (QED) is 0.718. The Hall–Kier alpha value is -1.13. The Bertz CT molecular complexity index is 466. The van der Waals surface area contributed by atoms with Gasteiger partial charge in [0.15, 0.2) is 0 Å². The van der Waals surface area contributed by atoms with E-state index in [0.717, 1.165) is 28.3 Å². The van der Waals surface area contributed by atoms with Crippen LogP contribution in [-0.2, 0) is 6.42 Å². The van der Waals surface area contributed by atoms with E-state index in [2.05, 4.69) is 32.6 Å². The van der Waals surface area contributed by atoms with Gasteiger partial charge in [-0.25, -0.2) is 0 Å². The van der Waals surface area contributed by atoms with Crippen LogP contribution < -0.4 is 4.74 Å². The highest BCUT2D eigenvalue weighted by molar-refractivity contribution is 6.30. The van der Waals surface area contributed by atoms with Crippen molar-refractivity contribution in [2.45, 2.75) is 40.0 Å². The zero-order chi connectivity index (χ0) is 13.7. The first-order valence-corrected chi connectivity index (χ1v) is 6.66. The normalized spacial score (nSPS) is 11.9. The van der Waals surface area contributed by atoms with Crippen molar-refractivity contribution in [1.82, 2.24) is 0 Å². The van der Waals surface area contributed by atoms with Crippen molar-refractivity contribution in [3.05, 3.63) is 28.3 Å². The van der Waals surface area contributed by atoms with E-state index in [1.807, 2.05) is 19.1 Å². The van der Waals surface area contributed by atoms with E-state index in [-0.39, 0.29) is 0 Å². The van der Waals surface area contributed by atoms with Gasteiger partial charge >= 0.3 is 0 Å². The highest BCUT2D eigenvalue weighted by atomic mass is 35.5. The maximum absolute atomic E-state index is 6.19. The van der Waals surface area contributed by atoms with Gasteiger partial charge in [0.1, 0.15) is 5.75 Å². The van der Waals surface area contributed by atoms with Gasteiger partial charge in [0.2, 0.25) is 0 Å². The number of benzene rings is 1. The minimum Gasteiger partial charge on any atom is -0.496 e. The third-order valence-electron chi connectivity index (χ3n) is 2.90. The molecule has 98 valence electrons. The predicted molar refractivity (Wildman–Crippen MR) is 78.4 cm³/mol. The Morgan fingerprint density at radius 2 is 1.94 bits per heavy atom. The molecular weight excluding hydrogens is 244 g/mol. The summed E-state index contributed by atoms with van der Waals surface area (Å²) >= 11 is 6.19. The lowest BCUT2D eigenvalue weighted by molar-refractivity contribution is 0.401. The largest absolute Gasteiger partial charge is 0.496 e. The Morgan fingerprint density at radius 1 is 1.28 bits per heavy atom. The van der Waals surface area contributed by atoms with Crippen molar-refractivity contribution in [1.29, 1.82) is 0 Å². The van der Waals surface area contributed by atoms with Crippen LogP contribution >= 0.6 is 11.6 Å². The minimum absolute atomic E-state index is 0.308. The van der Waals surface area contributed by atoms with E-state index < -0.39 is 0 Å². The molecule has 1 atom stereocenters. The highest BCUT2D eigenvalue weighted by Crippen LogP contribution is 2.34. The maximum Gasteiger partial charge on any atom is 0.125 e. The fraction of sp³-hybridized carbons (Fsp3) is 0.500. The summed E-state index contributed by atoms with van der Waals surface area (Å²) in [6, 6.07) is 3.98. The number of rotatable bonds is 4. The standard InChI is InChI=1S/C16H21ClO/c1-6-7-12(4)8-13-9-14(17)10-15(11(2)3)16(13)18-5/h9-12H,8H2,1-5H3. The molecule has 18 heavy (non-hydrogen) atoms. The molecule has 1 aromatic carbocycles. The number of methoxy groups -OCH3 is 1. The fourth-order valence-corrected chi connectivity index (χ4v) is 2.38. The third kappa shape index (κ3) is 3.68. The smallest absolute Gasteiger partial charge is 0.125 e. The molecule has 0 aliphatic carbocycles. The van der Waals surface area contributed by atoms with Crippen molar-refractivity contribution in [3.8, 4) is 17.6 Å². The average molecular weight is 265 g/mol. The van der Waals surface area contributed by atoms with Gasteiger partial charge in [-0.3, -0.25) is 0 Å². The van der Waals surface area contributed by atoms with Crippen molar-refractivity contribution < 1.29 is 4.74 Å². The molecule has 0 spiro atoms. The summed E-state index contributed by atoms with van der Waals surface area (Å²) in [7, 11) is 1.72. The van der Waals surface area contributed by atoms with Crippen LogP contribution in [0.5, 0.6) is 5.75 Å². The number of ether oxygens (including phenoxy) is 1. The zero-order valence-corrected chi connectivity index (χ0v) is 12.6. The van der Waals surface area contributed by atoms with E-state index in [9.17, 15) is 0 Å². The first kappa shape index (κ1) is 14.9. The summed E-state index contributed by atoms with van der Waals surface area (Å²) in [4.78, 5) is 0. The second-order valence-corrected chi connectivity index (χ2v) is 5.28. The molecule has 1 unspecified atom stereocenters. The second kappa shape index (κ2) is 6.71. The summed E-state index contributed by atoms with van der Waals surface area (Å²) in [6.07, 6.45) is 0.865. The van der Waals surface area contributed by atoms with Gasteiger partial charge in [-0.15, -0.1) is 11.8 Å². The lowest BCUT2D eigenvalue weighted by atomic mass is 9.94. The van der Waals surface area contributed by atoms with Crippen LogP contribution in [0.4, 0.5) is 0 Å². The zero-order valence-electron chi connectivity index (χ0n) is 11.8. The molecule has 0 N–H and O–H groups in total. The molecule has 1 aromatic rings. The molecule has 0 radical (unpaired) electrons. The van der Waals surface area contributed by atoms with E-state index >= 15 is 0 Å². The van der Waals surface area contributed by atoms with Crippen LogP contribution in [0.15, 0.2) is 12.1 Å². The second-order valence-electron chi connectivity index (χ2n) is 4.84. The Kier molecular flexibility index (Phi) is 5.56. The lowest BCUT2D eigenvalue weighted by Crippen LogP contribution is -2.03. The van der Waals surface area contributed by atoms with Gasteiger partial charge in [-0.1, -0.05) is 32.4 Å². The molecular formula is C16H21ClO. The first-order valence-electron chi connectivity index (χ1n) is 6.28. The Morgan fingerprint density at radius 3 is 2.44 bits per heavy atom. The van der Waals surface area contributed by atoms with Crippen molar-refractivity contribution in [3.63, 3.8) is 0 Å². The van der Waals surface area contributed by atoms with E-state index in [1.165, 1.54) is 0 Å². The van der Waals surface area contributed by atoms with E-state index in [4.69, 9.17) is 16.3 Å². The van der Waals surface area contributed by atoms with E-state index in [0.29, 0.717) is 11.8 Å². The maximum atomic E-state index is 6.19. The van der Waals surface area contributed by atoms with Crippen LogP contribution in [0.3, 0.4) is 0 Å². The molecule has 0 aliphatic rings. The molecule has 0 bridgehead atoms. The van der Waals surface area contributed by atoms with Crippen LogP contribution in [0.25, 0.3) is 0 Å². The summed E-state index contributed by atoms with van der Waals surface area (Å²) < 4.78 is 5.56. The Labute approximate surface area is 115 Å².